The second-order valence-corrected chi connectivity index (χ2v) is 3.19. The molecule has 0 saturated carbocycles. The van der Waals surface area contributed by atoms with E-state index in [2.05, 4.69) is 23.5 Å². The molecule has 0 spiro atoms. The summed E-state index contributed by atoms with van der Waals surface area (Å²) in [6, 6.07) is 9.93. The van der Waals surface area contributed by atoms with Crippen LogP contribution in [0.25, 0.3) is 0 Å². The summed E-state index contributed by atoms with van der Waals surface area (Å²) in [4.78, 5) is 2.28. The van der Waals surface area contributed by atoms with Crippen molar-refractivity contribution in [2.75, 3.05) is 18.0 Å². The van der Waals surface area contributed by atoms with Crippen LogP contribution >= 0.6 is 0 Å². The first-order valence-corrected chi connectivity index (χ1v) is 4.47. The first-order valence-electron chi connectivity index (χ1n) is 4.47. The second kappa shape index (κ2) is 3.49. The van der Waals surface area contributed by atoms with Crippen molar-refractivity contribution in [3.63, 3.8) is 0 Å². The summed E-state index contributed by atoms with van der Waals surface area (Å²) in [5.74, 6) is 0. The largest absolute Gasteiger partial charge is 0.371 e. The van der Waals surface area contributed by atoms with E-state index in [-0.39, 0.29) is 0 Å². The van der Waals surface area contributed by atoms with Gasteiger partial charge in [-0.05, 0) is 31.0 Å². The molecule has 0 bridgehead atoms. The topological polar surface area (TPSA) is 27.0 Å². The Bertz CT molecular complexity index is 332. The summed E-state index contributed by atoms with van der Waals surface area (Å²) < 4.78 is 0. The number of nitriles is 1. The maximum absolute atomic E-state index is 8.73. The Balaban J connectivity index is 2.25. The molecule has 1 heterocycles. The van der Waals surface area contributed by atoms with Gasteiger partial charge in [-0.2, -0.15) is 5.26 Å². The number of anilines is 1. The molecule has 1 aromatic carbocycles. The average Bonchev–Trinajstić information content (AvgIpc) is 2.71. The lowest BCUT2D eigenvalue weighted by Crippen LogP contribution is -2.17. The molecule has 0 N–H and O–H groups in total. The predicted molar refractivity (Wildman–Crippen MR) is 52.3 cm³/mol. The van der Waals surface area contributed by atoms with Gasteiger partial charge >= 0.3 is 0 Å². The lowest BCUT2D eigenvalue weighted by Gasteiger charge is -2.17. The molecule has 0 amide bonds. The zero-order valence-corrected chi connectivity index (χ0v) is 7.40. The Kier molecular flexibility index (Phi) is 2.18. The van der Waals surface area contributed by atoms with Gasteiger partial charge in [-0.15, -0.1) is 0 Å². The van der Waals surface area contributed by atoms with Gasteiger partial charge in [0.2, 0.25) is 0 Å². The standard InChI is InChI=1S/C11H11N2/c12-9-10-4-3-5-11(8-10)13-6-1-2-7-13/h1,3-5,8H,2,6-7H2. The highest BCUT2D eigenvalue weighted by molar-refractivity contribution is 5.52. The Morgan fingerprint density at radius 3 is 3.00 bits per heavy atom. The smallest absolute Gasteiger partial charge is 0.0992 e. The number of nitrogens with zero attached hydrogens (tertiary/aromatic N) is 2. The summed E-state index contributed by atoms with van der Waals surface area (Å²) >= 11 is 0. The third-order valence-electron chi connectivity index (χ3n) is 2.29. The fourth-order valence-corrected chi connectivity index (χ4v) is 1.59. The van der Waals surface area contributed by atoms with Crippen molar-refractivity contribution in [3.05, 3.63) is 36.2 Å². The summed E-state index contributed by atoms with van der Waals surface area (Å²) in [6.07, 6.45) is 3.41. The molecule has 1 fully saturated rings. The van der Waals surface area contributed by atoms with Crippen molar-refractivity contribution < 1.29 is 0 Å². The van der Waals surface area contributed by atoms with Crippen LogP contribution in [-0.2, 0) is 0 Å². The molecule has 0 aliphatic carbocycles. The number of benzene rings is 1. The molecule has 0 aromatic heterocycles. The predicted octanol–water partition coefficient (Wildman–Crippen LogP) is 1.97. The maximum atomic E-state index is 8.73. The van der Waals surface area contributed by atoms with Crippen LogP contribution in [0, 0.1) is 17.8 Å². The number of hydrogen-bond acceptors (Lipinski definition) is 2. The van der Waals surface area contributed by atoms with Gasteiger partial charge in [-0.25, -0.2) is 0 Å². The fraction of sp³-hybridized carbons (Fsp3) is 0.273. The van der Waals surface area contributed by atoms with Crippen molar-refractivity contribution in [1.29, 1.82) is 5.26 Å². The number of hydrogen-bond donors (Lipinski definition) is 0. The summed E-state index contributed by atoms with van der Waals surface area (Å²) in [7, 11) is 0. The van der Waals surface area contributed by atoms with Crippen LogP contribution in [0.1, 0.15) is 12.0 Å². The zero-order valence-electron chi connectivity index (χ0n) is 7.40. The van der Waals surface area contributed by atoms with Gasteiger partial charge in [0.25, 0.3) is 0 Å². The monoisotopic (exact) mass is 171 g/mol. The summed E-state index contributed by atoms with van der Waals surface area (Å²) in [5.41, 5.74) is 1.90. The van der Waals surface area contributed by atoms with Crippen molar-refractivity contribution in [3.8, 4) is 6.07 Å². The molecule has 0 atom stereocenters. The Morgan fingerprint density at radius 2 is 2.31 bits per heavy atom. The van der Waals surface area contributed by atoms with E-state index in [1.54, 1.807) is 0 Å². The van der Waals surface area contributed by atoms with E-state index in [0.29, 0.717) is 0 Å². The van der Waals surface area contributed by atoms with Crippen molar-refractivity contribution in [2.24, 2.45) is 0 Å². The van der Waals surface area contributed by atoms with Crippen molar-refractivity contribution >= 4 is 5.69 Å². The molecule has 1 radical (unpaired) electrons. The van der Waals surface area contributed by atoms with Crippen molar-refractivity contribution in [2.45, 2.75) is 6.42 Å². The van der Waals surface area contributed by atoms with E-state index < -0.39 is 0 Å². The first-order chi connectivity index (χ1) is 6.40. The van der Waals surface area contributed by atoms with Gasteiger partial charge in [-0.1, -0.05) is 6.07 Å². The Labute approximate surface area is 78.4 Å². The van der Waals surface area contributed by atoms with Crippen LogP contribution in [-0.4, -0.2) is 13.1 Å². The molecular formula is C11H11N2. The van der Waals surface area contributed by atoms with E-state index >= 15 is 0 Å². The van der Waals surface area contributed by atoms with Crippen LogP contribution in [0.5, 0.6) is 0 Å². The minimum atomic E-state index is 0.740. The van der Waals surface area contributed by atoms with Crippen molar-refractivity contribution in [1.82, 2.24) is 0 Å². The molecule has 1 aliphatic rings. The second-order valence-electron chi connectivity index (χ2n) is 3.19. The average molecular weight is 171 g/mol. The third kappa shape index (κ3) is 1.65. The number of rotatable bonds is 1. The highest BCUT2D eigenvalue weighted by Gasteiger charge is 2.12. The van der Waals surface area contributed by atoms with E-state index in [1.165, 1.54) is 0 Å². The van der Waals surface area contributed by atoms with Crippen LogP contribution in [0.15, 0.2) is 24.3 Å². The van der Waals surface area contributed by atoms with Crippen LogP contribution in [0.4, 0.5) is 5.69 Å². The highest BCUT2D eigenvalue weighted by Crippen LogP contribution is 2.20. The molecule has 1 saturated heterocycles. The SMILES string of the molecule is N#Cc1cccc(N2C[CH]CC2)c1. The van der Waals surface area contributed by atoms with Gasteiger partial charge in [0.1, 0.15) is 0 Å². The van der Waals surface area contributed by atoms with E-state index in [9.17, 15) is 0 Å². The molecule has 65 valence electrons. The molecule has 0 unspecified atom stereocenters. The normalized spacial score (nSPS) is 15.8. The first kappa shape index (κ1) is 8.12. The fourth-order valence-electron chi connectivity index (χ4n) is 1.59. The maximum Gasteiger partial charge on any atom is 0.0992 e. The Morgan fingerprint density at radius 1 is 1.38 bits per heavy atom. The van der Waals surface area contributed by atoms with E-state index in [0.717, 1.165) is 30.8 Å². The van der Waals surface area contributed by atoms with Gasteiger partial charge < -0.3 is 4.90 Å². The molecular weight excluding hydrogens is 160 g/mol. The highest BCUT2D eigenvalue weighted by atomic mass is 15.1. The molecule has 2 rings (SSSR count). The molecule has 1 aliphatic heterocycles. The quantitative estimate of drug-likeness (QED) is 0.646. The molecule has 13 heavy (non-hydrogen) atoms. The molecule has 2 nitrogen and oxygen atoms in total. The summed E-state index contributed by atoms with van der Waals surface area (Å²) in [5, 5.41) is 8.73. The minimum absolute atomic E-state index is 0.740. The van der Waals surface area contributed by atoms with Gasteiger partial charge in [-0.3, -0.25) is 0 Å². The zero-order chi connectivity index (χ0) is 9.10. The van der Waals surface area contributed by atoms with Crippen LogP contribution < -0.4 is 4.90 Å². The van der Waals surface area contributed by atoms with Gasteiger partial charge in [0.05, 0.1) is 11.6 Å². The van der Waals surface area contributed by atoms with Crippen LogP contribution in [0.3, 0.4) is 0 Å². The third-order valence-corrected chi connectivity index (χ3v) is 2.29. The lowest BCUT2D eigenvalue weighted by atomic mass is 10.2. The summed E-state index contributed by atoms with van der Waals surface area (Å²) in [6.45, 7) is 2.09. The van der Waals surface area contributed by atoms with Gasteiger partial charge in [0.15, 0.2) is 0 Å². The molecule has 1 aromatic rings. The lowest BCUT2D eigenvalue weighted by molar-refractivity contribution is 0.968. The van der Waals surface area contributed by atoms with E-state index in [1.807, 2.05) is 18.2 Å². The van der Waals surface area contributed by atoms with Crippen LogP contribution in [0.2, 0.25) is 0 Å². The minimum Gasteiger partial charge on any atom is -0.371 e. The van der Waals surface area contributed by atoms with Gasteiger partial charge in [0, 0.05) is 18.8 Å². The van der Waals surface area contributed by atoms with E-state index in [4.69, 9.17) is 5.26 Å². The Hall–Kier alpha value is -1.49. The molecule has 2 heteroatoms.